The highest BCUT2D eigenvalue weighted by Gasteiger charge is 2.48. The molecule has 0 bridgehead atoms. The van der Waals surface area contributed by atoms with E-state index in [2.05, 4.69) is 16.0 Å². The van der Waals surface area contributed by atoms with Gasteiger partial charge in [-0.2, -0.15) is 0 Å². The molecule has 2 fully saturated rings. The number of fused-ring (bicyclic) bond motifs is 1. The molecule has 4 N–H and O–H groups in total. The Morgan fingerprint density at radius 1 is 0.557 bits per heavy atom. The third-order valence-electron chi connectivity index (χ3n) is 16.3. The van der Waals surface area contributed by atoms with E-state index in [4.69, 9.17) is 4.74 Å². The third-order valence-corrected chi connectivity index (χ3v) is 16.3. The molecule has 0 radical (unpaired) electrons. The number of rotatable bonds is 13. The van der Waals surface area contributed by atoms with Crippen LogP contribution in [-0.2, 0) is 60.7 Å². The number of cyclic esters (lactones) is 1. The van der Waals surface area contributed by atoms with Crippen LogP contribution in [0.2, 0.25) is 0 Å². The minimum absolute atomic E-state index is 0.00689. The lowest BCUT2D eigenvalue weighted by molar-refractivity contribution is -0.177. The number of esters is 1. The zero-order chi connectivity index (χ0) is 59.4. The lowest BCUT2D eigenvalue weighted by Crippen LogP contribution is -2.63. The summed E-state index contributed by atoms with van der Waals surface area (Å²) in [5.41, 5.74) is -0.554. The fourth-order valence-corrected chi connectivity index (χ4v) is 10.9. The van der Waals surface area contributed by atoms with E-state index in [-0.39, 0.29) is 25.8 Å². The summed E-state index contributed by atoms with van der Waals surface area (Å²) >= 11 is 0. The number of benzene rings is 2. The predicted molar refractivity (Wildman–Crippen MR) is 301 cm³/mol. The molecule has 438 valence electrons. The van der Waals surface area contributed by atoms with Gasteiger partial charge in [-0.1, -0.05) is 143 Å². The second-order valence-electron chi connectivity index (χ2n) is 23.4. The fourth-order valence-electron chi connectivity index (χ4n) is 10.9. The molecule has 2 aromatic rings. The van der Waals surface area contributed by atoms with Crippen LogP contribution in [0, 0.1) is 29.6 Å². The Balaban J connectivity index is 1.98. The van der Waals surface area contributed by atoms with Crippen LogP contribution in [0.3, 0.4) is 0 Å². The number of hydrogen-bond donors (Lipinski definition) is 4. The third kappa shape index (κ3) is 15.9. The van der Waals surface area contributed by atoms with Crippen molar-refractivity contribution in [2.45, 2.75) is 188 Å². The molecule has 19 heteroatoms. The van der Waals surface area contributed by atoms with Gasteiger partial charge in [-0.15, -0.1) is 0 Å². The maximum Gasteiger partial charge on any atom is 0.332 e. The molecule has 2 aliphatic heterocycles. The summed E-state index contributed by atoms with van der Waals surface area (Å²) < 4.78 is 6.10. The normalized spacial score (nSPS) is 26.8. The molecule has 2 saturated heterocycles. The van der Waals surface area contributed by atoms with Crippen molar-refractivity contribution in [3.05, 3.63) is 71.8 Å². The number of aliphatic hydroxyl groups is 1. The van der Waals surface area contributed by atoms with Crippen molar-refractivity contribution in [2.24, 2.45) is 29.6 Å². The molecular weight excluding hydrogens is 1010 g/mol. The molecule has 19 nitrogen and oxygen atoms in total. The predicted octanol–water partition coefficient (Wildman–Crippen LogP) is 4.37. The molecule has 0 saturated carbocycles. The van der Waals surface area contributed by atoms with Crippen molar-refractivity contribution in [1.82, 2.24) is 40.4 Å². The molecule has 2 aromatic carbocycles. The van der Waals surface area contributed by atoms with Gasteiger partial charge < -0.3 is 50.3 Å². The van der Waals surface area contributed by atoms with E-state index in [1.807, 2.05) is 50.2 Å². The lowest BCUT2D eigenvalue weighted by atomic mass is 9.92. The van der Waals surface area contributed by atoms with Crippen LogP contribution in [0.25, 0.3) is 0 Å². The second kappa shape index (κ2) is 28.7. The van der Waals surface area contributed by atoms with Gasteiger partial charge in [0.2, 0.25) is 41.4 Å². The zero-order valence-electron chi connectivity index (χ0n) is 49.8. The van der Waals surface area contributed by atoms with Gasteiger partial charge in [0.1, 0.15) is 42.3 Å². The van der Waals surface area contributed by atoms with Gasteiger partial charge in [0, 0.05) is 53.5 Å². The Hall–Kier alpha value is -6.37. The summed E-state index contributed by atoms with van der Waals surface area (Å²) in [4.78, 5) is 141. The van der Waals surface area contributed by atoms with Crippen LogP contribution in [0.4, 0.5) is 0 Å². The Kier molecular flexibility index (Phi) is 23.6. The monoisotopic (exact) mass is 1100 g/mol. The molecule has 2 heterocycles. The van der Waals surface area contributed by atoms with Crippen LogP contribution in [0.15, 0.2) is 60.7 Å². The van der Waals surface area contributed by atoms with Crippen molar-refractivity contribution < 1.29 is 53.0 Å². The Labute approximate surface area is 469 Å². The number of likely N-dealkylation sites (N-methyl/N-ethyl adjacent to an activating group) is 4. The van der Waals surface area contributed by atoms with E-state index in [1.54, 1.807) is 79.7 Å². The number of carbonyl (C=O) groups is 9. The van der Waals surface area contributed by atoms with Gasteiger partial charge in [-0.25, -0.2) is 4.79 Å². The van der Waals surface area contributed by atoms with Gasteiger partial charge in [0.05, 0.1) is 5.60 Å². The zero-order valence-corrected chi connectivity index (χ0v) is 49.8. The SMILES string of the molecule is CC[C@@H](C)[C@H]1OC(=O)[C@H](C(C)(C)O)N(C)C(=O)[C@H]([C@@H](C)CC)NC(=O)[C@H](C(C)C)N(C)C(=O)[C@H]([C@@H](C)CC)NC(=O)[C@@H]2CCCN2C(=O)[C@H](Cc2ccccc2)N(C)C(=O)[C@H](Cc2ccccc2)NC(=O)[C@H](C(C)C)N(C)C1=O. The number of nitrogens with zero attached hydrogens (tertiary/aromatic N) is 5. The number of carbonyl (C=O) groups excluding carboxylic acids is 9. The molecule has 12 atom stereocenters. The van der Waals surface area contributed by atoms with E-state index in [0.717, 1.165) is 10.5 Å². The highest BCUT2D eigenvalue weighted by molar-refractivity contribution is 5.99. The summed E-state index contributed by atoms with van der Waals surface area (Å²) in [5, 5.41) is 20.5. The van der Waals surface area contributed by atoms with Crippen LogP contribution in [-0.4, -0.2) is 178 Å². The Morgan fingerprint density at radius 2 is 1.00 bits per heavy atom. The van der Waals surface area contributed by atoms with E-state index >= 15 is 9.59 Å². The first-order valence-corrected chi connectivity index (χ1v) is 28.3. The van der Waals surface area contributed by atoms with E-state index < -0.39 is 143 Å². The van der Waals surface area contributed by atoms with Crippen molar-refractivity contribution in [2.75, 3.05) is 34.7 Å². The van der Waals surface area contributed by atoms with Crippen LogP contribution in [0.5, 0.6) is 0 Å². The molecule has 2 aliphatic rings. The molecular formula is C60H92N8O11. The van der Waals surface area contributed by atoms with Crippen molar-refractivity contribution >= 4 is 53.2 Å². The number of hydrogen-bond acceptors (Lipinski definition) is 11. The standard InChI is InChI=1S/C60H92N8O11/c1-17-37(8)45-56(74)65(14)48(36(6)7)53(71)63-46(38(9)18-2)57(75)67(16)50(60(11,12)78)59(77)79-49(39(10)19-3)58(76)66(15)47(35(4)5)52(70)61-42(33-40-27-22-20-23-28-40)54(72)64(13)44(34-41-29-24-21-25-30-41)55(73)68-32-26-31-43(68)51(69)62-45/h20-25,27-30,35-39,42-50,78H,17-19,26,31-34H2,1-16H3,(H,61,70)(H,62,69)(H,63,71)/t37-,38-,39+,42-,43-,44-,45-,46-,47-,48-,49+,50+/m0/s1. The van der Waals surface area contributed by atoms with Gasteiger partial charge in [-0.05, 0) is 67.9 Å². The smallest absolute Gasteiger partial charge is 0.332 e. The van der Waals surface area contributed by atoms with Gasteiger partial charge in [0.25, 0.3) is 5.91 Å². The summed E-state index contributed by atoms with van der Waals surface area (Å²) in [7, 11) is 5.67. The van der Waals surface area contributed by atoms with E-state index in [9.17, 15) is 38.7 Å². The maximum atomic E-state index is 15.3. The molecule has 0 spiro atoms. The van der Waals surface area contributed by atoms with Crippen LogP contribution >= 0.6 is 0 Å². The quantitative estimate of drug-likeness (QED) is 0.206. The minimum atomic E-state index is -1.97. The molecule has 4 rings (SSSR count). The maximum absolute atomic E-state index is 15.3. The van der Waals surface area contributed by atoms with E-state index in [1.165, 1.54) is 61.6 Å². The highest BCUT2D eigenvalue weighted by atomic mass is 16.6. The summed E-state index contributed by atoms with van der Waals surface area (Å²) in [5.74, 6) is -9.01. The topological polar surface area (TPSA) is 235 Å². The van der Waals surface area contributed by atoms with Crippen LogP contribution in [0.1, 0.15) is 126 Å². The first kappa shape index (κ1) is 65.2. The lowest BCUT2D eigenvalue weighted by Gasteiger charge is -2.40. The average molecular weight is 1100 g/mol. The minimum Gasteiger partial charge on any atom is -0.450 e. The molecule has 8 amide bonds. The number of nitrogens with one attached hydrogen (secondary N) is 3. The first-order valence-electron chi connectivity index (χ1n) is 28.3. The van der Waals surface area contributed by atoms with Crippen molar-refractivity contribution in [3.63, 3.8) is 0 Å². The highest BCUT2D eigenvalue weighted by Crippen LogP contribution is 2.27. The Bertz CT molecular complexity index is 2430. The van der Waals surface area contributed by atoms with Gasteiger partial charge >= 0.3 is 5.97 Å². The van der Waals surface area contributed by atoms with Crippen LogP contribution < -0.4 is 16.0 Å². The van der Waals surface area contributed by atoms with Crippen molar-refractivity contribution in [1.29, 1.82) is 0 Å². The number of ether oxygens (including phenoxy) is 1. The summed E-state index contributed by atoms with van der Waals surface area (Å²) in [6, 6.07) is 8.09. The second-order valence-corrected chi connectivity index (χ2v) is 23.4. The molecule has 0 unspecified atom stereocenters. The summed E-state index contributed by atoms with van der Waals surface area (Å²) in [6.07, 6.45) is 0.398. The summed E-state index contributed by atoms with van der Waals surface area (Å²) in [6.45, 7) is 20.5. The molecule has 0 aliphatic carbocycles. The molecule has 79 heavy (non-hydrogen) atoms. The van der Waals surface area contributed by atoms with Gasteiger partial charge in [0.15, 0.2) is 12.1 Å². The fraction of sp³-hybridized carbons (Fsp3) is 0.650. The number of amides is 8. The first-order chi connectivity index (χ1) is 37.0. The van der Waals surface area contributed by atoms with Crippen molar-refractivity contribution in [3.8, 4) is 0 Å². The molecule has 0 aromatic heterocycles. The largest absolute Gasteiger partial charge is 0.450 e. The van der Waals surface area contributed by atoms with E-state index in [0.29, 0.717) is 31.2 Å². The average Bonchev–Trinajstić information content (AvgIpc) is 3.92. The van der Waals surface area contributed by atoms with Gasteiger partial charge in [-0.3, -0.25) is 38.4 Å². The Morgan fingerprint density at radius 3 is 1.47 bits per heavy atom.